The van der Waals surface area contributed by atoms with Gasteiger partial charge in [-0.3, -0.25) is 14.9 Å². The molecule has 2 atom stereocenters. The lowest BCUT2D eigenvalue weighted by Gasteiger charge is -2.23. The van der Waals surface area contributed by atoms with Crippen LogP contribution in [0.2, 0.25) is 0 Å². The average molecular weight is 342 g/mol. The van der Waals surface area contributed by atoms with Crippen LogP contribution in [0, 0.1) is 5.92 Å². The predicted molar refractivity (Wildman–Crippen MR) is 81.6 cm³/mol. The quantitative estimate of drug-likeness (QED) is 0.735. The van der Waals surface area contributed by atoms with Crippen molar-refractivity contribution in [3.05, 3.63) is 29.8 Å². The highest BCUT2D eigenvalue weighted by molar-refractivity contribution is 6.52. The van der Waals surface area contributed by atoms with E-state index in [1.54, 1.807) is 24.3 Å². The number of anilines is 1. The van der Waals surface area contributed by atoms with Gasteiger partial charge in [-0.05, 0) is 24.1 Å². The fourth-order valence-corrected chi connectivity index (χ4v) is 2.84. The molecular formula is C14H13Cl2N3O3. The number of urea groups is 1. The number of hydrogen-bond acceptors (Lipinski definition) is 3. The van der Waals surface area contributed by atoms with Crippen LogP contribution in [-0.2, 0) is 9.59 Å². The van der Waals surface area contributed by atoms with Gasteiger partial charge < -0.3 is 10.6 Å². The number of carbonyl (C=O) groups excluding carboxylic acids is 3. The summed E-state index contributed by atoms with van der Waals surface area (Å²) >= 11 is 11.7. The molecule has 1 aromatic carbocycles. The molecule has 4 amide bonds. The second-order valence-electron chi connectivity index (χ2n) is 5.41. The zero-order valence-corrected chi connectivity index (χ0v) is 12.9. The molecule has 1 aromatic rings. The third-order valence-corrected chi connectivity index (χ3v) is 4.51. The molecule has 116 valence electrons. The van der Waals surface area contributed by atoms with Gasteiger partial charge in [0, 0.05) is 5.69 Å². The second kappa shape index (κ2) is 5.44. The number of benzene rings is 1. The van der Waals surface area contributed by atoms with Gasteiger partial charge in [0.25, 0.3) is 0 Å². The second-order valence-corrected chi connectivity index (χ2v) is 6.95. The molecule has 1 saturated carbocycles. The highest BCUT2D eigenvalue weighted by atomic mass is 35.5. The number of nitrogens with one attached hydrogen (secondary N) is 3. The molecule has 1 aliphatic carbocycles. The Morgan fingerprint density at radius 2 is 1.86 bits per heavy atom. The molecule has 6 nitrogen and oxygen atoms in total. The third kappa shape index (κ3) is 3.18. The van der Waals surface area contributed by atoms with Crippen molar-refractivity contribution in [2.45, 2.75) is 23.2 Å². The standard InChI is InChI=1S/C14H13Cl2N3O3/c15-14(16)6-9(14)12(21)17-8-3-1-7(2-4-8)10-5-11(20)19-13(22)18-10/h1-4,9-10H,5-6H2,(H,17,21)(H2,18,19,20,22). The summed E-state index contributed by atoms with van der Waals surface area (Å²) in [7, 11) is 0. The molecule has 0 spiro atoms. The first-order chi connectivity index (χ1) is 10.3. The molecule has 8 heteroatoms. The summed E-state index contributed by atoms with van der Waals surface area (Å²) in [5.41, 5.74) is 1.40. The Bertz CT molecular complexity index is 629. The van der Waals surface area contributed by atoms with Gasteiger partial charge in [-0.2, -0.15) is 0 Å². The van der Waals surface area contributed by atoms with Crippen LogP contribution >= 0.6 is 23.2 Å². The Labute approximate surface area is 136 Å². The van der Waals surface area contributed by atoms with Crippen LogP contribution in [0.1, 0.15) is 24.4 Å². The maximum atomic E-state index is 11.9. The summed E-state index contributed by atoms with van der Waals surface area (Å²) in [4.78, 5) is 34.5. The van der Waals surface area contributed by atoms with E-state index in [0.717, 1.165) is 5.56 Å². The van der Waals surface area contributed by atoms with Gasteiger partial charge in [-0.15, -0.1) is 23.2 Å². The SMILES string of the molecule is O=C1CC(c2ccc(NC(=O)C3CC3(Cl)Cl)cc2)NC(=O)N1. The van der Waals surface area contributed by atoms with Crippen LogP contribution < -0.4 is 16.0 Å². The van der Waals surface area contributed by atoms with E-state index in [4.69, 9.17) is 23.2 Å². The summed E-state index contributed by atoms with van der Waals surface area (Å²) in [5, 5.41) is 7.57. The average Bonchev–Trinajstić information content (AvgIpc) is 3.08. The minimum atomic E-state index is -0.955. The zero-order chi connectivity index (χ0) is 15.9. The van der Waals surface area contributed by atoms with Crippen LogP contribution in [0.4, 0.5) is 10.5 Å². The molecule has 3 rings (SSSR count). The van der Waals surface area contributed by atoms with Crippen molar-refractivity contribution < 1.29 is 14.4 Å². The number of alkyl halides is 2. The van der Waals surface area contributed by atoms with E-state index in [-0.39, 0.29) is 24.3 Å². The van der Waals surface area contributed by atoms with Crippen LogP contribution in [-0.4, -0.2) is 22.2 Å². The first kappa shape index (κ1) is 15.1. The Morgan fingerprint density at radius 1 is 1.23 bits per heavy atom. The zero-order valence-electron chi connectivity index (χ0n) is 11.4. The van der Waals surface area contributed by atoms with Crippen LogP contribution in [0.3, 0.4) is 0 Å². The molecule has 2 fully saturated rings. The topological polar surface area (TPSA) is 87.3 Å². The monoisotopic (exact) mass is 341 g/mol. The summed E-state index contributed by atoms with van der Waals surface area (Å²) in [5.74, 6) is -0.930. The van der Waals surface area contributed by atoms with E-state index >= 15 is 0 Å². The van der Waals surface area contributed by atoms with Gasteiger partial charge >= 0.3 is 6.03 Å². The molecule has 1 aliphatic heterocycles. The summed E-state index contributed by atoms with van der Waals surface area (Å²) in [6.45, 7) is 0. The van der Waals surface area contributed by atoms with E-state index in [0.29, 0.717) is 12.1 Å². The van der Waals surface area contributed by atoms with Crippen molar-refractivity contribution in [1.82, 2.24) is 10.6 Å². The van der Waals surface area contributed by atoms with Crippen LogP contribution in [0.25, 0.3) is 0 Å². The minimum Gasteiger partial charge on any atom is -0.330 e. The number of carbonyl (C=O) groups is 3. The molecule has 3 N–H and O–H groups in total. The van der Waals surface area contributed by atoms with Crippen molar-refractivity contribution in [2.24, 2.45) is 5.92 Å². The van der Waals surface area contributed by atoms with Crippen molar-refractivity contribution in [3.8, 4) is 0 Å². The molecule has 2 aliphatic rings. The number of rotatable bonds is 3. The van der Waals surface area contributed by atoms with Crippen molar-refractivity contribution in [1.29, 1.82) is 0 Å². The first-order valence-electron chi connectivity index (χ1n) is 6.74. The third-order valence-electron chi connectivity index (χ3n) is 3.67. The molecular weight excluding hydrogens is 329 g/mol. The van der Waals surface area contributed by atoms with E-state index < -0.39 is 16.3 Å². The Kier molecular flexibility index (Phi) is 3.74. The van der Waals surface area contributed by atoms with E-state index in [1.165, 1.54) is 0 Å². The number of amides is 4. The maximum absolute atomic E-state index is 11.9. The maximum Gasteiger partial charge on any atom is 0.321 e. The van der Waals surface area contributed by atoms with E-state index in [1.807, 2.05) is 0 Å². The normalized spacial score (nSPS) is 25.9. The van der Waals surface area contributed by atoms with E-state index in [2.05, 4.69) is 16.0 Å². The summed E-state index contributed by atoms with van der Waals surface area (Å²) < 4.78 is -0.955. The highest BCUT2D eigenvalue weighted by Crippen LogP contribution is 2.53. The predicted octanol–water partition coefficient (Wildman–Crippen LogP) is 2.09. The van der Waals surface area contributed by atoms with Crippen molar-refractivity contribution in [3.63, 3.8) is 0 Å². The Morgan fingerprint density at radius 3 is 2.41 bits per heavy atom. The largest absolute Gasteiger partial charge is 0.330 e. The fourth-order valence-electron chi connectivity index (χ4n) is 2.34. The lowest BCUT2D eigenvalue weighted by Crippen LogP contribution is -2.48. The van der Waals surface area contributed by atoms with Gasteiger partial charge in [0.15, 0.2) is 0 Å². The highest BCUT2D eigenvalue weighted by Gasteiger charge is 2.56. The molecule has 1 heterocycles. The minimum absolute atomic E-state index is 0.181. The van der Waals surface area contributed by atoms with Crippen LogP contribution in [0.5, 0.6) is 0 Å². The van der Waals surface area contributed by atoms with Gasteiger partial charge in [0.1, 0.15) is 4.33 Å². The van der Waals surface area contributed by atoms with Gasteiger partial charge in [-0.25, -0.2) is 4.79 Å². The smallest absolute Gasteiger partial charge is 0.321 e. The number of halogens is 2. The van der Waals surface area contributed by atoms with Crippen molar-refractivity contribution in [2.75, 3.05) is 5.32 Å². The van der Waals surface area contributed by atoms with Gasteiger partial charge in [0.2, 0.25) is 11.8 Å². The lowest BCUT2D eigenvalue weighted by atomic mass is 10.0. The molecule has 0 aromatic heterocycles. The van der Waals surface area contributed by atoms with Crippen molar-refractivity contribution >= 4 is 46.7 Å². The van der Waals surface area contributed by atoms with Crippen LogP contribution in [0.15, 0.2) is 24.3 Å². The Hall–Kier alpha value is -1.79. The fraction of sp³-hybridized carbons (Fsp3) is 0.357. The summed E-state index contributed by atoms with van der Waals surface area (Å²) in [6, 6.07) is 6.04. The number of hydrogen-bond donors (Lipinski definition) is 3. The molecule has 2 unspecified atom stereocenters. The number of imide groups is 1. The summed E-state index contributed by atoms with van der Waals surface area (Å²) in [6.07, 6.45) is 0.629. The van der Waals surface area contributed by atoms with Gasteiger partial charge in [-0.1, -0.05) is 12.1 Å². The Balaban J connectivity index is 1.64. The van der Waals surface area contributed by atoms with E-state index in [9.17, 15) is 14.4 Å². The lowest BCUT2D eigenvalue weighted by molar-refractivity contribution is -0.121. The molecule has 1 saturated heterocycles. The first-order valence-corrected chi connectivity index (χ1v) is 7.50. The molecule has 22 heavy (non-hydrogen) atoms. The molecule has 0 radical (unpaired) electrons. The van der Waals surface area contributed by atoms with Gasteiger partial charge in [0.05, 0.1) is 18.4 Å². The molecule has 0 bridgehead atoms.